The first-order valence-electron chi connectivity index (χ1n) is 5.22. The molecule has 16 heavy (non-hydrogen) atoms. The van der Waals surface area contributed by atoms with Gasteiger partial charge in [-0.1, -0.05) is 0 Å². The summed E-state index contributed by atoms with van der Waals surface area (Å²) in [7, 11) is -2.86. The number of hydrogen-bond donors (Lipinski definition) is 1. The Morgan fingerprint density at radius 3 is 2.75 bits per heavy atom. The zero-order chi connectivity index (χ0) is 12.2. The first kappa shape index (κ1) is 13.2. The number of aromatic nitrogens is 1. The molecule has 5 nitrogen and oxygen atoms in total. The molecule has 0 aromatic carbocycles. The number of oxazole rings is 1. The molecule has 92 valence electrons. The van der Waals surface area contributed by atoms with Gasteiger partial charge in [-0.2, -0.15) is 0 Å². The summed E-state index contributed by atoms with van der Waals surface area (Å²) in [6.45, 7) is 4.41. The van der Waals surface area contributed by atoms with Crippen LogP contribution in [-0.4, -0.2) is 32.0 Å². The van der Waals surface area contributed by atoms with Crippen LogP contribution in [-0.2, 0) is 9.84 Å². The molecule has 0 amide bonds. The Labute approximate surface area is 96.2 Å². The van der Waals surface area contributed by atoms with Crippen molar-refractivity contribution < 1.29 is 12.8 Å². The SMILES string of the molecule is Cc1cnc(C(C)NCCCS(C)(=O)=O)o1. The minimum atomic E-state index is -2.86. The van der Waals surface area contributed by atoms with Gasteiger partial charge in [-0.15, -0.1) is 0 Å². The second kappa shape index (κ2) is 5.45. The average molecular weight is 246 g/mol. The fourth-order valence-electron chi connectivity index (χ4n) is 1.31. The van der Waals surface area contributed by atoms with Crippen molar-refractivity contribution >= 4 is 9.84 Å². The van der Waals surface area contributed by atoms with Crippen molar-refractivity contribution in [1.82, 2.24) is 10.3 Å². The van der Waals surface area contributed by atoms with Gasteiger partial charge in [0, 0.05) is 6.26 Å². The quantitative estimate of drug-likeness (QED) is 0.760. The lowest BCUT2D eigenvalue weighted by molar-refractivity contribution is 0.403. The zero-order valence-electron chi connectivity index (χ0n) is 9.86. The zero-order valence-corrected chi connectivity index (χ0v) is 10.7. The highest BCUT2D eigenvalue weighted by Crippen LogP contribution is 2.11. The molecule has 0 saturated heterocycles. The van der Waals surface area contributed by atoms with Gasteiger partial charge in [-0.25, -0.2) is 13.4 Å². The number of hydrogen-bond acceptors (Lipinski definition) is 5. The molecule has 0 spiro atoms. The maximum atomic E-state index is 10.9. The van der Waals surface area contributed by atoms with E-state index in [1.165, 1.54) is 6.26 Å². The minimum Gasteiger partial charge on any atom is -0.444 e. The fraction of sp³-hybridized carbons (Fsp3) is 0.700. The lowest BCUT2D eigenvalue weighted by atomic mass is 10.3. The Bertz CT molecular complexity index is 425. The topological polar surface area (TPSA) is 72.2 Å². The number of aryl methyl sites for hydroxylation is 1. The summed E-state index contributed by atoms with van der Waals surface area (Å²) in [5, 5.41) is 3.16. The van der Waals surface area contributed by atoms with Crippen LogP contribution in [0.4, 0.5) is 0 Å². The van der Waals surface area contributed by atoms with Gasteiger partial charge in [-0.3, -0.25) is 0 Å². The van der Waals surface area contributed by atoms with E-state index >= 15 is 0 Å². The van der Waals surface area contributed by atoms with Gasteiger partial charge in [0.25, 0.3) is 0 Å². The van der Waals surface area contributed by atoms with Gasteiger partial charge < -0.3 is 9.73 Å². The van der Waals surface area contributed by atoms with Crippen molar-refractivity contribution in [1.29, 1.82) is 0 Å². The summed E-state index contributed by atoms with van der Waals surface area (Å²) in [5.74, 6) is 1.62. The van der Waals surface area contributed by atoms with Gasteiger partial charge in [0.15, 0.2) is 0 Å². The molecule has 6 heteroatoms. The van der Waals surface area contributed by atoms with Gasteiger partial charge in [0.1, 0.15) is 15.6 Å². The molecule has 0 aliphatic heterocycles. The van der Waals surface area contributed by atoms with Crippen molar-refractivity contribution in [2.75, 3.05) is 18.6 Å². The first-order valence-corrected chi connectivity index (χ1v) is 7.28. The first-order chi connectivity index (χ1) is 7.38. The molecule has 1 atom stereocenters. The smallest absolute Gasteiger partial charge is 0.211 e. The number of rotatable bonds is 6. The molecule has 1 aromatic heterocycles. The molecule has 0 bridgehead atoms. The van der Waals surface area contributed by atoms with Crippen LogP contribution in [0.3, 0.4) is 0 Å². The summed E-state index contributed by atoms with van der Waals surface area (Å²) >= 11 is 0. The maximum Gasteiger partial charge on any atom is 0.211 e. The molecule has 0 radical (unpaired) electrons. The van der Waals surface area contributed by atoms with Gasteiger partial charge in [0.05, 0.1) is 18.0 Å². The Hall–Kier alpha value is -0.880. The van der Waals surface area contributed by atoms with E-state index in [0.717, 1.165) is 5.76 Å². The molecule has 1 unspecified atom stereocenters. The monoisotopic (exact) mass is 246 g/mol. The third-order valence-electron chi connectivity index (χ3n) is 2.15. The van der Waals surface area contributed by atoms with Crippen LogP contribution >= 0.6 is 0 Å². The van der Waals surface area contributed by atoms with E-state index in [1.807, 2.05) is 13.8 Å². The highest BCUT2D eigenvalue weighted by atomic mass is 32.2. The Kier molecular flexibility index (Phi) is 4.49. The second-order valence-electron chi connectivity index (χ2n) is 3.97. The summed E-state index contributed by atoms with van der Waals surface area (Å²) in [5.41, 5.74) is 0. The third kappa shape index (κ3) is 4.76. The van der Waals surface area contributed by atoms with Crippen LogP contribution in [0.1, 0.15) is 31.0 Å². The molecule has 0 saturated carbocycles. The van der Waals surface area contributed by atoms with Gasteiger partial charge in [0.2, 0.25) is 5.89 Å². The third-order valence-corrected chi connectivity index (χ3v) is 3.18. The van der Waals surface area contributed by atoms with Crippen LogP contribution in [0.25, 0.3) is 0 Å². The molecule has 0 aliphatic carbocycles. The normalized spacial score (nSPS) is 13.9. The largest absolute Gasteiger partial charge is 0.444 e. The minimum absolute atomic E-state index is 0.00765. The Morgan fingerprint density at radius 2 is 2.25 bits per heavy atom. The number of nitrogens with one attached hydrogen (secondary N) is 1. The van der Waals surface area contributed by atoms with Gasteiger partial charge >= 0.3 is 0 Å². The fourth-order valence-corrected chi connectivity index (χ4v) is 1.98. The van der Waals surface area contributed by atoms with Crippen LogP contribution in [0.2, 0.25) is 0 Å². The summed E-state index contributed by atoms with van der Waals surface area (Å²) in [4.78, 5) is 4.10. The highest BCUT2D eigenvalue weighted by molar-refractivity contribution is 7.90. The standard InChI is InChI=1S/C10H18N2O3S/c1-8-7-12-10(15-8)9(2)11-5-4-6-16(3,13)14/h7,9,11H,4-6H2,1-3H3. The molecule has 1 rings (SSSR count). The molecule has 1 aromatic rings. The van der Waals surface area contributed by atoms with Gasteiger partial charge in [-0.05, 0) is 26.8 Å². The van der Waals surface area contributed by atoms with E-state index in [2.05, 4.69) is 10.3 Å². The van der Waals surface area contributed by atoms with E-state index in [1.54, 1.807) is 6.20 Å². The maximum absolute atomic E-state index is 10.9. The average Bonchev–Trinajstić information content (AvgIpc) is 2.57. The van der Waals surface area contributed by atoms with Crippen LogP contribution < -0.4 is 5.32 Å². The highest BCUT2D eigenvalue weighted by Gasteiger charge is 2.10. The van der Waals surface area contributed by atoms with E-state index in [9.17, 15) is 8.42 Å². The van der Waals surface area contributed by atoms with E-state index in [-0.39, 0.29) is 11.8 Å². The molecule has 1 N–H and O–H groups in total. The van der Waals surface area contributed by atoms with Crippen molar-refractivity contribution in [2.24, 2.45) is 0 Å². The van der Waals surface area contributed by atoms with E-state index < -0.39 is 9.84 Å². The van der Waals surface area contributed by atoms with Crippen LogP contribution in [0.5, 0.6) is 0 Å². The molecular weight excluding hydrogens is 228 g/mol. The molecule has 0 fully saturated rings. The van der Waals surface area contributed by atoms with E-state index in [4.69, 9.17) is 4.42 Å². The van der Waals surface area contributed by atoms with E-state index in [0.29, 0.717) is 18.9 Å². The van der Waals surface area contributed by atoms with Crippen molar-refractivity contribution in [2.45, 2.75) is 26.3 Å². The second-order valence-corrected chi connectivity index (χ2v) is 6.23. The molecule has 1 heterocycles. The summed E-state index contributed by atoms with van der Waals surface area (Å²) in [6, 6.07) is 0.00765. The van der Waals surface area contributed by atoms with Crippen LogP contribution in [0.15, 0.2) is 10.6 Å². The van der Waals surface area contributed by atoms with Crippen LogP contribution in [0, 0.1) is 6.92 Å². The Morgan fingerprint density at radius 1 is 1.56 bits per heavy atom. The lowest BCUT2D eigenvalue weighted by Crippen LogP contribution is -2.22. The Balaban J connectivity index is 2.28. The van der Waals surface area contributed by atoms with Crippen molar-refractivity contribution in [3.63, 3.8) is 0 Å². The van der Waals surface area contributed by atoms with Crippen molar-refractivity contribution in [3.05, 3.63) is 17.8 Å². The lowest BCUT2D eigenvalue weighted by Gasteiger charge is -2.09. The summed E-state index contributed by atoms with van der Waals surface area (Å²) in [6.07, 6.45) is 3.51. The number of sulfone groups is 1. The summed E-state index contributed by atoms with van der Waals surface area (Å²) < 4.78 is 27.1. The van der Waals surface area contributed by atoms with Crippen molar-refractivity contribution in [3.8, 4) is 0 Å². The number of nitrogens with zero attached hydrogens (tertiary/aromatic N) is 1. The molecule has 0 aliphatic rings. The predicted molar refractivity (Wildman–Crippen MR) is 62.0 cm³/mol. The predicted octanol–water partition coefficient (Wildman–Crippen LogP) is 1.07. The molecular formula is C10H18N2O3S.